The fraction of sp³-hybridized carbons (Fsp3) is 0.636. The average molecular weight is 241 g/mol. The zero-order valence-electron chi connectivity index (χ0n) is 10.3. The molecule has 0 saturated carbocycles. The summed E-state index contributed by atoms with van der Waals surface area (Å²) >= 11 is 1.66. The van der Waals surface area contributed by atoms with Crippen molar-refractivity contribution in [2.45, 2.75) is 33.2 Å². The Morgan fingerprint density at radius 1 is 1.62 bits per heavy atom. The van der Waals surface area contributed by atoms with Gasteiger partial charge in [0.25, 0.3) is 0 Å². The Hall–Kier alpha value is -1.10. The number of urea groups is 1. The van der Waals surface area contributed by atoms with Gasteiger partial charge in [-0.2, -0.15) is 0 Å². The first-order valence-corrected chi connectivity index (χ1v) is 6.35. The maximum absolute atomic E-state index is 11.5. The van der Waals surface area contributed by atoms with Crippen molar-refractivity contribution < 1.29 is 4.79 Å². The Bertz CT molecular complexity index is 349. The van der Waals surface area contributed by atoms with Gasteiger partial charge in [-0.3, -0.25) is 0 Å². The van der Waals surface area contributed by atoms with Crippen molar-refractivity contribution in [2.24, 2.45) is 0 Å². The number of amides is 2. The normalized spacial score (nSPS) is 10.6. The smallest absolute Gasteiger partial charge is 0.317 e. The van der Waals surface area contributed by atoms with Gasteiger partial charge in [0.15, 0.2) is 0 Å². The molecule has 16 heavy (non-hydrogen) atoms. The molecule has 0 saturated heterocycles. The van der Waals surface area contributed by atoms with Crippen molar-refractivity contribution in [3.8, 4) is 0 Å². The van der Waals surface area contributed by atoms with Crippen molar-refractivity contribution in [3.05, 3.63) is 16.1 Å². The van der Waals surface area contributed by atoms with Crippen LogP contribution in [0.25, 0.3) is 0 Å². The lowest BCUT2D eigenvalue weighted by molar-refractivity contribution is 0.207. The van der Waals surface area contributed by atoms with Gasteiger partial charge in [-0.05, 0) is 6.92 Å². The predicted molar refractivity (Wildman–Crippen MR) is 66.7 cm³/mol. The maximum Gasteiger partial charge on any atom is 0.317 e. The lowest BCUT2D eigenvalue weighted by atomic mass is 10.2. The number of nitrogens with one attached hydrogen (secondary N) is 1. The van der Waals surface area contributed by atoms with Gasteiger partial charge in [-0.1, -0.05) is 13.8 Å². The third-order valence-electron chi connectivity index (χ3n) is 2.14. The van der Waals surface area contributed by atoms with E-state index in [1.165, 1.54) is 0 Å². The Balaban J connectivity index is 2.55. The molecule has 0 fully saturated rings. The maximum atomic E-state index is 11.5. The molecule has 0 bridgehead atoms. The van der Waals surface area contributed by atoms with Gasteiger partial charge in [-0.25, -0.2) is 9.78 Å². The second-order valence-corrected chi connectivity index (χ2v) is 4.91. The van der Waals surface area contributed by atoms with Gasteiger partial charge in [0.05, 0.1) is 17.2 Å². The first kappa shape index (κ1) is 13.0. The predicted octanol–water partition coefficient (Wildman–Crippen LogP) is 2.43. The molecule has 1 rings (SSSR count). The van der Waals surface area contributed by atoms with Crippen LogP contribution in [0.3, 0.4) is 0 Å². The fourth-order valence-electron chi connectivity index (χ4n) is 1.26. The largest absolute Gasteiger partial charge is 0.338 e. The van der Waals surface area contributed by atoms with Crippen LogP contribution in [0, 0.1) is 0 Å². The second kappa shape index (κ2) is 5.84. The molecular weight excluding hydrogens is 222 g/mol. The van der Waals surface area contributed by atoms with E-state index in [9.17, 15) is 4.79 Å². The van der Waals surface area contributed by atoms with Crippen molar-refractivity contribution >= 4 is 17.4 Å². The molecule has 1 aromatic rings. The topological polar surface area (TPSA) is 45.2 Å². The molecule has 0 aromatic carbocycles. The van der Waals surface area contributed by atoms with Gasteiger partial charge in [-0.15, -0.1) is 11.3 Å². The Morgan fingerprint density at radius 3 is 2.81 bits per heavy atom. The van der Waals surface area contributed by atoms with Crippen LogP contribution < -0.4 is 5.32 Å². The minimum atomic E-state index is -0.0541. The van der Waals surface area contributed by atoms with Crippen LogP contribution in [0.2, 0.25) is 0 Å². The highest BCUT2D eigenvalue weighted by molar-refractivity contribution is 7.09. The third-order valence-corrected chi connectivity index (χ3v) is 3.33. The number of rotatable bonds is 4. The summed E-state index contributed by atoms with van der Waals surface area (Å²) in [5.74, 6) is 0.452. The summed E-state index contributed by atoms with van der Waals surface area (Å²) in [5.41, 5.74) is 0.961. The van der Waals surface area contributed by atoms with E-state index in [-0.39, 0.29) is 6.03 Å². The lowest BCUT2D eigenvalue weighted by Crippen LogP contribution is -2.36. The van der Waals surface area contributed by atoms with E-state index in [0.29, 0.717) is 19.0 Å². The van der Waals surface area contributed by atoms with Crippen LogP contribution in [0.4, 0.5) is 4.79 Å². The zero-order chi connectivity index (χ0) is 12.1. The molecule has 0 aliphatic rings. The van der Waals surface area contributed by atoms with Crippen molar-refractivity contribution in [1.82, 2.24) is 15.2 Å². The molecule has 4 nitrogen and oxygen atoms in total. The molecule has 2 amide bonds. The monoisotopic (exact) mass is 241 g/mol. The molecule has 0 unspecified atom stereocenters. The van der Waals surface area contributed by atoms with E-state index in [1.54, 1.807) is 23.3 Å². The van der Waals surface area contributed by atoms with Crippen LogP contribution >= 0.6 is 11.3 Å². The quantitative estimate of drug-likeness (QED) is 0.880. The minimum absolute atomic E-state index is 0.0541. The Labute approximate surface area is 101 Å². The van der Waals surface area contributed by atoms with Crippen LogP contribution in [0.5, 0.6) is 0 Å². The second-order valence-electron chi connectivity index (χ2n) is 4.02. The summed E-state index contributed by atoms with van der Waals surface area (Å²) in [5, 5.41) is 5.90. The number of hydrogen-bond acceptors (Lipinski definition) is 3. The third kappa shape index (κ3) is 3.48. The molecule has 1 aromatic heterocycles. The minimum Gasteiger partial charge on any atom is -0.338 e. The number of thiazole rings is 1. The summed E-state index contributed by atoms with van der Waals surface area (Å²) in [7, 11) is 1.78. The Kier molecular flexibility index (Phi) is 4.73. The van der Waals surface area contributed by atoms with Crippen molar-refractivity contribution in [3.63, 3.8) is 0 Å². The fourth-order valence-corrected chi connectivity index (χ4v) is 2.09. The molecule has 5 heteroatoms. The molecule has 0 atom stereocenters. The average Bonchev–Trinajstić information content (AvgIpc) is 2.66. The number of aromatic nitrogens is 1. The van der Waals surface area contributed by atoms with Crippen LogP contribution in [-0.4, -0.2) is 29.5 Å². The number of carbonyl (C=O) groups is 1. The zero-order valence-corrected chi connectivity index (χ0v) is 11.1. The summed E-state index contributed by atoms with van der Waals surface area (Å²) < 4.78 is 0. The van der Waals surface area contributed by atoms with E-state index in [4.69, 9.17) is 0 Å². The Morgan fingerprint density at radius 2 is 2.31 bits per heavy atom. The van der Waals surface area contributed by atoms with Crippen LogP contribution in [0.15, 0.2) is 5.38 Å². The highest BCUT2D eigenvalue weighted by Gasteiger charge is 2.11. The van der Waals surface area contributed by atoms with E-state index >= 15 is 0 Å². The number of hydrogen-bond donors (Lipinski definition) is 1. The van der Waals surface area contributed by atoms with E-state index < -0.39 is 0 Å². The van der Waals surface area contributed by atoms with Crippen molar-refractivity contribution in [1.29, 1.82) is 0 Å². The standard InChI is InChI=1S/C11H19N3OS/c1-5-12-11(15)14(4)6-9-7-16-10(13-9)8(2)3/h7-8H,5-6H2,1-4H3,(H,12,15). The summed E-state index contributed by atoms with van der Waals surface area (Å²) in [6.07, 6.45) is 0. The first-order valence-electron chi connectivity index (χ1n) is 5.47. The van der Waals surface area contributed by atoms with Gasteiger partial charge in [0.1, 0.15) is 0 Å². The SMILES string of the molecule is CCNC(=O)N(C)Cc1csc(C(C)C)n1. The highest BCUT2D eigenvalue weighted by Crippen LogP contribution is 2.19. The molecule has 90 valence electrons. The van der Waals surface area contributed by atoms with E-state index in [0.717, 1.165) is 10.7 Å². The van der Waals surface area contributed by atoms with Gasteiger partial charge in [0.2, 0.25) is 0 Å². The molecule has 1 heterocycles. The summed E-state index contributed by atoms with van der Waals surface area (Å²) in [6.45, 7) is 7.37. The number of carbonyl (C=O) groups excluding carboxylic acids is 1. The highest BCUT2D eigenvalue weighted by atomic mass is 32.1. The van der Waals surface area contributed by atoms with E-state index in [1.807, 2.05) is 12.3 Å². The molecule has 0 aliphatic carbocycles. The van der Waals surface area contributed by atoms with Crippen LogP contribution in [-0.2, 0) is 6.54 Å². The van der Waals surface area contributed by atoms with Gasteiger partial charge in [0, 0.05) is 24.9 Å². The molecule has 0 spiro atoms. The summed E-state index contributed by atoms with van der Waals surface area (Å²) in [4.78, 5) is 17.6. The van der Waals surface area contributed by atoms with Gasteiger partial charge < -0.3 is 10.2 Å². The van der Waals surface area contributed by atoms with Crippen LogP contribution in [0.1, 0.15) is 37.4 Å². The van der Waals surface area contributed by atoms with Gasteiger partial charge >= 0.3 is 6.03 Å². The van der Waals surface area contributed by atoms with Crippen molar-refractivity contribution in [2.75, 3.05) is 13.6 Å². The first-order chi connectivity index (χ1) is 7.54. The molecule has 1 N–H and O–H groups in total. The molecular formula is C11H19N3OS. The summed E-state index contributed by atoms with van der Waals surface area (Å²) in [6, 6.07) is -0.0541. The lowest BCUT2D eigenvalue weighted by Gasteiger charge is -2.15. The molecule has 0 radical (unpaired) electrons. The molecule has 0 aliphatic heterocycles. The van der Waals surface area contributed by atoms with E-state index in [2.05, 4.69) is 24.1 Å². The number of nitrogens with zero attached hydrogens (tertiary/aromatic N) is 2.